The lowest BCUT2D eigenvalue weighted by Crippen LogP contribution is -2.34. The molecule has 1 aromatic heterocycles. The topological polar surface area (TPSA) is 104 Å². The van der Waals surface area contributed by atoms with E-state index in [9.17, 15) is 19.5 Å². The van der Waals surface area contributed by atoms with Crippen LogP contribution in [0.4, 0.5) is 0 Å². The summed E-state index contributed by atoms with van der Waals surface area (Å²) in [7, 11) is 0. The van der Waals surface area contributed by atoms with E-state index in [2.05, 4.69) is 5.32 Å². The highest BCUT2D eigenvalue weighted by Crippen LogP contribution is 2.28. The zero-order valence-electron chi connectivity index (χ0n) is 9.10. The minimum atomic E-state index is -0.685. The van der Waals surface area contributed by atoms with Gasteiger partial charge in [-0.1, -0.05) is 0 Å². The van der Waals surface area contributed by atoms with Crippen molar-refractivity contribution in [1.29, 1.82) is 0 Å². The Balaban J connectivity index is 1.96. The van der Waals surface area contributed by atoms with Gasteiger partial charge in [0, 0.05) is 19.0 Å². The van der Waals surface area contributed by atoms with E-state index in [0.29, 0.717) is 0 Å². The number of nitrogens with one attached hydrogen (secondary N) is 2. The SMILES string of the molecule is O=C(NCCn1c(O)cc(=O)[nH]c1=O)C1CC1. The molecule has 0 spiro atoms. The van der Waals surface area contributed by atoms with Crippen LogP contribution in [0.1, 0.15) is 12.8 Å². The van der Waals surface area contributed by atoms with Crippen LogP contribution in [0.15, 0.2) is 15.7 Å². The molecule has 92 valence electrons. The molecule has 0 radical (unpaired) electrons. The highest BCUT2D eigenvalue weighted by molar-refractivity contribution is 5.80. The summed E-state index contributed by atoms with van der Waals surface area (Å²) in [5.74, 6) is -0.322. The van der Waals surface area contributed by atoms with E-state index >= 15 is 0 Å². The average molecular weight is 239 g/mol. The summed E-state index contributed by atoms with van der Waals surface area (Å²) < 4.78 is 0.995. The summed E-state index contributed by atoms with van der Waals surface area (Å²) in [6.45, 7) is 0.370. The Kier molecular flexibility index (Phi) is 2.99. The fourth-order valence-electron chi connectivity index (χ4n) is 1.51. The van der Waals surface area contributed by atoms with Crippen LogP contribution in [0.25, 0.3) is 0 Å². The zero-order valence-corrected chi connectivity index (χ0v) is 9.10. The maximum Gasteiger partial charge on any atom is 0.331 e. The molecule has 1 saturated carbocycles. The van der Waals surface area contributed by atoms with Crippen LogP contribution in [-0.2, 0) is 11.3 Å². The molecule has 0 atom stereocenters. The highest BCUT2D eigenvalue weighted by atomic mass is 16.3. The van der Waals surface area contributed by atoms with Crippen molar-refractivity contribution < 1.29 is 9.90 Å². The second kappa shape index (κ2) is 4.44. The van der Waals surface area contributed by atoms with Gasteiger partial charge >= 0.3 is 5.69 Å². The Morgan fingerprint density at radius 3 is 2.82 bits per heavy atom. The fourth-order valence-corrected chi connectivity index (χ4v) is 1.51. The molecule has 1 aromatic rings. The molecule has 7 heteroatoms. The molecule has 0 bridgehead atoms. The van der Waals surface area contributed by atoms with Crippen LogP contribution in [0, 0.1) is 5.92 Å². The molecule has 17 heavy (non-hydrogen) atoms. The van der Waals surface area contributed by atoms with Gasteiger partial charge in [0.05, 0.1) is 6.07 Å². The molecule has 1 aliphatic rings. The number of H-pyrrole nitrogens is 1. The van der Waals surface area contributed by atoms with E-state index in [4.69, 9.17) is 0 Å². The molecule has 1 heterocycles. The van der Waals surface area contributed by atoms with Gasteiger partial charge in [0.1, 0.15) is 0 Å². The summed E-state index contributed by atoms with van der Waals surface area (Å²) in [4.78, 5) is 35.5. The van der Waals surface area contributed by atoms with Crippen molar-refractivity contribution in [3.8, 4) is 5.88 Å². The third-order valence-electron chi connectivity index (χ3n) is 2.59. The van der Waals surface area contributed by atoms with Crippen molar-refractivity contribution in [2.75, 3.05) is 6.54 Å². The zero-order chi connectivity index (χ0) is 12.4. The number of aromatic nitrogens is 2. The van der Waals surface area contributed by atoms with Gasteiger partial charge in [-0.15, -0.1) is 0 Å². The summed E-state index contributed by atoms with van der Waals surface area (Å²) in [5, 5.41) is 12.0. The maximum atomic E-state index is 11.3. The first kappa shape index (κ1) is 11.4. The monoisotopic (exact) mass is 239 g/mol. The predicted octanol–water partition coefficient (Wildman–Crippen LogP) is -1.23. The minimum Gasteiger partial charge on any atom is -0.494 e. The maximum absolute atomic E-state index is 11.3. The van der Waals surface area contributed by atoms with Crippen LogP contribution in [-0.4, -0.2) is 27.1 Å². The molecular weight excluding hydrogens is 226 g/mol. The minimum absolute atomic E-state index is 0.0260. The number of aromatic hydroxyl groups is 1. The number of hydrogen-bond acceptors (Lipinski definition) is 4. The van der Waals surface area contributed by atoms with Crippen LogP contribution in [0.3, 0.4) is 0 Å². The Hall–Kier alpha value is -2.05. The molecular formula is C10H13N3O4. The number of nitrogens with zero attached hydrogens (tertiary/aromatic N) is 1. The molecule has 1 aliphatic carbocycles. The van der Waals surface area contributed by atoms with E-state index in [1.165, 1.54) is 0 Å². The number of amides is 1. The average Bonchev–Trinajstić information content (AvgIpc) is 3.04. The van der Waals surface area contributed by atoms with E-state index in [1.807, 2.05) is 4.98 Å². The number of aromatic amines is 1. The van der Waals surface area contributed by atoms with Gasteiger partial charge in [-0.2, -0.15) is 0 Å². The third kappa shape index (κ3) is 2.74. The molecule has 2 rings (SSSR count). The smallest absolute Gasteiger partial charge is 0.331 e. The van der Waals surface area contributed by atoms with E-state index < -0.39 is 17.1 Å². The Morgan fingerprint density at radius 1 is 1.53 bits per heavy atom. The molecule has 1 amide bonds. The molecule has 3 N–H and O–H groups in total. The second-order valence-electron chi connectivity index (χ2n) is 4.01. The summed E-state index contributed by atoms with van der Waals surface area (Å²) in [5.41, 5.74) is -1.33. The van der Waals surface area contributed by atoms with Gasteiger partial charge in [0.25, 0.3) is 5.56 Å². The van der Waals surface area contributed by atoms with Crippen molar-refractivity contribution in [2.24, 2.45) is 5.92 Å². The largest absolute Gasteiger partial charge is 0.494 e. The van der Waals surface area contributed by atoms with E-state index in [-0.39, 0.29) is 24.9 Å². The Labute approximate surface area is 96.1 Å². The molecule has 0 unspecified atom stereocenters. The summed E-state index contributed by atoms with van der Waals surface area (Å²) >= 11 is 0. The van der Waals surface area contributed by atoms with Gasteiger partial charge in [0.15, 0.2) is 0 Å². The lowest BCUT2D eigenvalue weighted by Gasteiger charge is -2.08. The molecule has 0 saturated heterocycles. The molecule has 0 aromatic carbocycles. The molecule has 0 aliphatic heterocycles. The number of rotatable bonds is 4. The van der Waals surface area contributed by atoms with Crippen LogP contribution >= 0.6 is 0 Å². The Bertz CT molecular complexity index is 541. The van der Waals surface area contributed by atoms with Crippen molar-refractivity contribution >= 4 is 5.91 Å². The number of carbonyl (C=O) groups is 1. The standard InChI is InChI=1S/C10H13N3O4/c14-7-5-8(15)13(10(17)12-7)4-3-11-9(16)6-1-2-6/h5-6,15H,1-4H2,(H,11,16)(H,12,14,17). The van der Waals surface area contributed by atoms with E-state index in [0.717, 1.165) is 23.5 Å². The first-order valence-electron chi connectivity index (χ1n) is 5.39. The van der Waals surface area contributed by atoms with Crippen LogP contribution < -0.4 is 16.6 Å². The Morgan fingerprint density at radius 2 is 2.24 bits per heavy atom. The lowest BCUT2D eigenvalue weighted by molar-refractivity contribution is -0.122. The number of carbonyl (C=O) groups excluding carboxylic acids is 1. The van der Waals surface area contributed by atoms with Crippen molar-refractivity contribution in [3.63, 3.8) is 0 Å². The lowest BCUT2D eigenvalue weighted by atomic mass is 10.4. The summed E-state index contributed by atoms with van der Waals surface area (Å²) in [6.07, 6.45) is 1.82. The normalized spacial score (nSPS) is 14.6. The molecule has 1 fully saturated rings. The second-order valence-corrected chi connectivity index (χ2v) is 4.01. The highest BCUT2D eigenvalue weighted by Gasteiger charge is 2.29. The summed E-state index contributed by atoms with van der Waals surface area (Å²) in [6, 6.07) is 0.921. The van der Waals surface area contributed by atoms with Gasteiger partial charge in [-0.3, -0.25) is 19.1 Å². The van der Waals surface area contributed by atoms with Gasteiger partial charge in [0.2, 0.25) is 11.8 Å². The van der Waals surface area contributed by atoms with Crippen molar-refractivity contribution in [2.45, 2.75) is 19.4 Å². The van der Waals surface area contributed by atoms with Crippen LogP contribution in [0.5, 0.6) is 5.88 Å². The van der Waals surface area contributed by atoms with Crippen molar-refractivity contribution in [3.05, 3.63) is 26.9 Å². The van der Waals surface area contributed by atoms with Crippen molar-refractivity contribution in [1.82, 2.24) is 14.9 Å². The first-order chi connectivity index (χ1) is 8.08. The quantitative estimate of drug-likeness (QED) is 0.611. The fraction of sp³-hybridized carbons (Fsp3) is 0.500. The van der Waals surface area contributed by atoms with Gasteiger partial charge in [-0.05, 0) is 12.8 Å². The molecule has 7 nitrogen and oxygen atoms in total. The van der Waals surface area contributed by atoms with Gasteiger partial charge in [-0.25, -0.2) is 4.79 Å². The third-order valence-corrected chi connectivity index (χ3v) is 2.59. The van der Waals surface area contributed by atoms with Gasteiger partial charge < -0.3 is 10.4 Å². The first-order valence-corrected chi connectivity index (χ1v) is 5.39. The predicted molar refractivity (Wildman–Crippen MR) is 58.7 cm³/mol. The van der Waals surface area contributed by atoms with E-state index in [1.54, 1.807) is 0 Å². The number of hydrogen-bond donors (Lipinski definition) is 3. The van der Waals surface area contributed by atoms with Crippen LogP contribution in [0.2, 0.25) is 0 Å².